The van der Waals surface area contributed by atoms with E-state index in [4.69, 9.17) is 4.74 Å². The second-order valence-corrected chi connectivity index (χ2v) is 5.28. The van der Waals surface area contributed by atoms with E-state index in [0.717, 1.165) is 5.56 Å². The van der Waals surface area contributed by atoms with Gasteiger partial charge in [-0.2, -0.15) is 0 Å². The molecule has 0 aliphatic carbocycles. The summed E-state index contributed by atoms with van der Waals surface area (Å²) in [4.78, 5) is 23.0. The second-order valence-electron chi connectivity index (χ2n) is 5.28. The molecule has 1 atom stereocenters. The molecule has 126 valence electrons. The first-order valence-corrected chi connectivity index (χ1v) is 7.52. The third-order valence-electron chi connectivity index (χ3n) is 3.43. The third kappa shape index (κ3) is 5.64. The molecule has 0 saturated carbocycles. The van der Waals surface area contributed by atoms with E-state index in [1.165, 1.54) is 12.1 Å². The van der Waals surface area contributed by atoms with Crippen LogP contribution in [0.1, 0.15) is 11.1 Å². The van der Waals surface area contributed by atoms with Crippen LogP contribution in [0, 0.1) is 0 Å². The van der Waals surface area contributed by atoms with Crippen molar-refractivity contribution in [2.75, 3.05) is 6.61 Å². The highest BCUT2D eigenvalue weighted by molar-refractivity contribution is 5.80. The number of phenolic OH excluding ortho intramolecular Hbond substituents is 1. The van der Waals surface area contributed by atoms with E-state index in [1.807, 2.05) is 30.3 Å². The van der Waals surface area contributed by atoms with Crippen molar-refractivity contribution in [1.82, 2.24) is 5.32 Å². The number of carbonyl (C=O) groups is 2. The molecule has 0 aliphatic heterocycles. The molecule has 6 nitrogen and oxygen atoms in total. The molecule has 0 aromatic heterocycles. The van der Waals surface area contributed by atoms with E-state index in [1.54, 1.807) is 12.1 Å². The number of phenols is 1. The molecule has 0 heterocycles. The van der Waals surface area contributed by atoms with Crippen LogP contribution in [-0.4, -0.2) is 34.9 Å². The molecule has 1 amide bonds. The summed E-state index contributed by atoms with van der Waals surface area (Å²) in [5.74, 6) is -1.05. The van der Waals surface area contributed by atoms with Gasteiger partial charge in [0, 0.05) is 12.8 Å². The molecule has 3 N–H and O–H groups in total. The molecule has 0 bridgehead atoms. The molecule has 2 rings (SSSR count). The number of carboxylic acids is 1. The van der Waals surface area contributed by atoms with Gasteiger partial charge in [-0.05, 0) is 23.3 Å². The molecule has 6 heteroatoms. The van der Waals surface area contributed by atoms with E-state index in [0.29, 0.717) is 12.0 Å². The summed E-state index contributed by atoms with van der Waals surface area (Å²) >= 11 is 0. The lowest BCUT2D eigenvalue weighted by molar-refractivity contribution is -0.139. The van der Waals surface area contributed by atoms with Crippen molar-refractivity contribution < 1.29 is 24.5 Å². The minimum atomic E-state index is -1.15. The average molecular weight is 329 g/mol. The normalized spacial score (nSPS) is 11.5. The van der Waals surface area contributed by atoms with Gasteiger partial charge in [0.15, 0.2) is 0 Å². The molecule has 0 fully saturated rings. The first-order chi connectivity index (χ1) is 11.5. The molecular formula is C18H19NO5. The number of hydrogen-bond donors (Lipinski definition) is 3. The summed E-state index contributed by atoms with van der Waals surface area (Å²) in [5.41, 5.74) is 1.72. The van der Waals surface area contributed by atoms with Gasteiger partial charge in [0.1, 0.15) is 11.8 Å². The van der Waals surface area contributed by atoms with Crippen molar-refractivity contribution in [2.24, 2.45) is 0 Å². The average Bonchev–Trinajstić information content (AvgIpc) is 2.57. The lowest BCUT2D eigenvalue weighted by Gasteiger charge is -2.14. The number of benzene rings is 2. The van der Waals surface area contributed by atoms with E-state index in [9.17, 15) is 19.8 Å². The van der Waals surface area contributed by atoms with Crippen LogP contribution < -0.4 is 5.32 Å². The summed E-state index contributed by atoms with van der Waals surface area (Å²) in [6.45, 7) is 0.168. The smallest absolute Gasteiger partial charge is 0.407 e. The Morgan fingerprint density at radius 2 is 1.67 bits per heavy atom. The van der Waals surface area contributed by atoms with E-state index in [-0.39, 0.29) is 18.8 Å². The Morgan fingerprint density at radius 3 is 2.29 bits per heavy atom. The number of rotatable bonds is 7. The number of carboxylic acid groups (broad SMARTS) is 1. The van der Waals surface area contributed by atoms with Gasteiger partial charge in [0.05, 0.1) is 6.61 Å². The Kier molecular flexibility index (Phi) is 6.19. The standard InChI is InChI=1S/C18H19NO5/c20-15-8-6-14(7-9-15)12-16(17(21)22)19-18(23)24-11-10-13-4-2-1-3-5-13/h1-9,16,20H,10-12H2,(H,19,23)(H,21,22). The van der Waals surface area contributed by atoms with Crippen molar-refractivity contribution in [3.05, 3.63) is 65.7 Å². The van der Waals surface area contributed by atoms with Gasteiger partial charge in [-0.15, -0.1) is 0 Å². The van der Waals surface area contributed by atoms with Crippen LogP contribution >= 0.6 is 0 Å². The molecular weight excluding hydrogens is 310 g/mol. The molecule has 0 saturated heterocycles. The third-order valence-corrected chi connectivity index (χ3v) is 3.43. The lowest BCUT2D eigenvalue weighted by Crippen LogP contribution is -2.42. The van der Waals surface area contributed by atoms with Crippen LogP contribution in [-0.2, 0) is 22.4 Å². The Hall–Kier alpha value is -3.02. The van der Waals surface area contributed by atoms with Crippen LogP contribution in [0.3, 0.4) is 0 Å². The summed E-state index contributed by atoms with van der Waals surface area (Å²) in [7, 11) is 0. The number of ether oxygens (including phenoxy) is 1. The first-order valence-electron chi connectivity index (χ1n) is 7.52. The summed E-state index contributed by atoms with van der Waals surface area (Å²) in [6.07, 6.45) is -0.106. The topological polar surface area (TPSA) is 95.9 Å². The fraction of sp³-hybridized carbons (Fsp3) is 0.222. The van der Waals surface area contributed by atoms with Crippen LogP contribution in [0.15, 0.2) is 54.6 Å². The predicted molar refractivity (Wildman–Crippen MR) is 87.9 cm³/mol. The Bertz CT molecular complexity index is 670. The summed E-state index contributed by atoms with van der Waals surface area (Å²) < 4.78 is 5.03. The van der Waals surface area contributed by atoms with Gasteiger partial charge < -0.3 is 20.3 Å². The lowest BCUT2D eigenvalue weighted by atomic mass is 10.1. The molecule has 0 spiro atoms. The van der Waals surface area contributed by atoms with Crippen molar-refractivity contribution in [1.29, 1.82) is 0 Å². The number of amides is 1. The Morgan fingerprint density at radius 1 is 1.00 bits per heavy atom. The Balaban J connectivity index is 1.82. The first kappa shape index (κ1) is 17.3. The summed E-state index contributed by atoms with van der Waals surface area (Å²) in [6, 6.07) is 14.6. The van der Waals surface area contributed by atoms with Crippen LogP contribution in [0.25, 0.3) is 0 Å². The summed E-state index contributed by atoms with van der Waals surface area (Å²) in [5, 5.41) is 20.8. The molecule has 1 unspecified atom stereocenters. The fourth-order valence-electron chi connectivity index (χ4n) is 2.16. The van der Waals surface area contributed by atoms with Gasteiger partial charge in [-0.25, -0.2) is 9.59 Å². The van der Waals surface area contributed by atoms with Crippen molar-refractivity contribution in [3.8, 4) is 5.75 Å². The van der Waals surface area contributed by atoms with Gasteiger partial charge in [0.25, 0.3) is 0 Å². The zero-order valence-electron chi connectivity index (χ0n) is 13.0. The second kappa shape index (κ2) is 8.57. The highest BCUT2D eigenvalue weighted by atomic mass is 16.5. The maximum Gasteiger partial charge on any atom is 0.407 e. The van der Waals surface area contributed by atoms with Crippen molar-refractivity contribution >= 4 is 12.1 Å². The maximum absolute atomic E-state index is 11.8. The minimum absolute atomic E-state index is 0.0962. The van der Waals surface area contributed by atoms with E-state index < -0.39 is 18.1 Å². The largest absolute Gasteiger partial charge is 0.508 e. The number of aliphatic carboxylic acids is 1. The SMILES string of the molecule is O=C(NC(Cc1ccc(O)cc1)C(=O)O)OCCc1ccccc1. The van der Waals surface area contributed by atoms with Crippen LogP contribution in [0.5, 0.6) is 5.75 Å². The number of alkyl carbamates (subject to hydrolysis) is 1. The quantitative estimate of drug-likeness (QED) is 0.725. The van der Waals surface area contributed by atoms with Gasteiger partial charge in [-0.1, -0.05) is 42.5 Å². The molecule has 0 aliphatic rings. The van der Waals surface area contributed by atoms with Crippen LogP contribution in [0.4, 0.5) is 4.79 Å². The fourth-order valence-corrected chi connectivity index (χ4v) is 2.16. The van der Waals surface area contributed by atoms with E-state index >= 15 is 0 Å². The van der Waals surface area contributed by atoms with Gasteiger partial charge in [0.2, 0.25) is 0 Å². The number of hydrogen-bond acceptors (Lipinski definition) is 4. The number of aromatic hydroxyl groups is 1. The zero-order valence-corrected chi connectivity index (χ0v) is 13.0. The minimum Gasteiger partial charge on any atom is -0.508 e. The molecule has 2 aromatic carbocycles. The van der Waals surface area contributed by atoms with Gasteiger partial charge in [-0.3, -0.25) is 0 Å². The number of carbonyl (C=O) groups excluding carboxylic acids is 1. The zero-order chi connectivity index (χ0) is 17.4. The van der Waals surface area contributed by atoms with Crippen LogP contribution in [0.2, 0.25) is 0 Å². The Labute approximate surface area is 139 Å². The highest BCUT2D eigenvalue weighted by Gasteiger charge is 2.21. The van der Waals surface area contributed by atoms with E-state index in [2.05, 4.69) is 5.32 Å². The predicted octanol–water partition coefficient (Wildman–Crippen LogP) is 2.36. The molecule has 24 heavy (non-hydrogen) atoms. The van der Waals surface area contributed by atoms with Crippen molar-refractivity contribution in [2.45, 2.75) is 18.9 Å². The monoisotopic (exact) mass is 329 g/mol. The molecule has 2 aromatic rings. The number of nitrogens with one attached hydrogen (secondary N) is 1. The molecule has 0 radical (unpaired) electrons. The maximum atomic E-state index is 11.8. The highest BCUT2D eigenvalue weighted by Crippen LogP contribution is 2.11. The van der Waals surface area contributed by atoms with Crippen molar-refractivity contribution in [3.63, 3.8) is 0 Å². The van der Waals surface area contributed by atoms with Gasteiger partial charge >= 0.3 is 12.1 Å².